The number of imidazole rings is 1. The average molecular weight is 379 g/mol. The lowest BCUT2D eigenvalue weighted by Gasteiger charge is -2.06. The van der Waals surface area contributed by atoms with E-state index in [0.717, 1.165) is 5.56 Å². The predicted molar refractivity (Wildman–Crippen MR) is 82.3 cm³/mol. The van der Waals surface area contributed by atoms with Gasteiger partial charge >= 0.3 is 6.09 Å². The van der Waals surface area contributed by atoms with Gasteiger partial charge in [0.25, 0.3) is 0 Å². The molecule has 0 fully saturated rings. The maximum absolute atomic E-state index is 12.2. The van der Waals surface area contributed by atoms with Crippen LogP contribution in [-0.2, 0) is 11.3 Å². The molecule has 3 aromatic rings. The molecule has 0 unspecified atom stereocenters. The normalized spacial score (nSPS) is 10.7. The van der Waals surface area contributed by atoms with Crippen molar-refractivity contribution in [3.05, 3.63) is 58.1 Å². The van der Waals surface area contributed by atoms with Gasteiger partial charge in [0, 0.05) is 28.8 Å². The maximum atomic E-state index is 12.2. The molecular weight excluding hydrogens is 369 g/mol. The summed E-state index contributed by atoms with van der Waals surface area (Å²) in [5.74, 6) is 0. The van der Waals surface area contributed by atoms with Crippen LogP contribution in [0.2, 0.25) is 0 Å². The Morgan fingerprint density at radius 3 is 2.80 bits per heavy atom. The first-order valence-corrected chi connectivity index (χ1v) is 7.03. The number of halogens is 1. The molecule has 2 aromatic heterocycles. The van der Waals surface area contributed by atoms with Crippen LogP contribution in [0.15, 0.2) is 48.7 Å². The largest absolute Gasteiger partial charge is 0.444 e. The van der Waals surface area contributed by atoms with Crippen molar-refractivity contribution in [2.24, 2.45) is 0 Å². The fraction of sp³-hybridized carbons (Fsp3) is 0.0714. The zero-order valence-electron chi connectivity index (χ0n) is 10.4. The third-order valence-electron chi connectivity index (χ3n) is 2.76. The highest BCUT2D eigenvalue weighted by molar-refractivity contribution is 14.1. The number of ether oxygens (including phenoxy) is 1. The SMILES string of the molecule is O=C(OCc1ccccc1)n1c(I)nc2cccnc21. The fourth-order valence-corrected chi connectivity index (χ4v) is 2.52. The highest BCUT2D eigenvalue weighted by Crippen LogP contribution is 2.16. The van der Waals surface area contributed by atoms with Crippen LogP contribution in [0.4, 0.5) is 4.79 Å². The molecule has 6 heteroatoms. The second kappa shape index (κ2) is 5.58. The zero-order chi connectivity index (χ0) is 13.9. The summed E-state index contributed by atoms with van der Waals surface area (Å²) in [5.41, 5.74) is 2.12. The molecule has 0 radical (unpaired) electrons. The van der Waals surface area contributed by atoms with Gasteiger partial charge in [-0.15, -0.1) is 0 Å². The van der Waals surface area contributed by atoms with Crippen LogP contribution in [0.1, 0.15) is 5.56 Å². The second-order valence-electron chi connectivity index (χ2n) is 4.10. The molecule has 0 aliphatic heterocycles. The summed E-state index contributed by atoms with van der Waals surface area (Å²) in [5, 5.41) is 0. The second-order valence-corrected chi connectivity index (χ2v) is 5.07. The van der Waals surface area contributed by atoms with E-state index in [2.05, 4.69) is 9.97 Å². The monoisotopic (exact) mass is 379 g/mol. The fourth-order valence-electron chi connectivity index (χ4n) is 1.83. The molecule has 0 spiro atoms. The van der Waals surface area contributed by atoms with Crippen molar-refractivity contribution in [1.82, 2.24) is 14.5 Å². The van der Waals surface area contributed by atoms with Crippen molar-refractivity contribution >= 4 is 39.8 Å². The lowest BCUT2D eigenvalue weighted by Crippen LogP contribution is -2.15. The van der Waals surface area contributed by atoms with Gasteiger partial charge in [-0.05, 0) is 17.7 Å². The molecule has 1 aromatic carbocycles. The van der Waals surface area contributed by atoms with E-state index < -0.39 is 6.09 Å². The highest BCUT2D eigenvalue weighted by atomic mass is 127. The van der Waals surface area contributed by atoms with Crippen molar-refractivity contribution in [3.8, 4) is 0 Å². The number of pyridine rings is 1. The standard InChI is InChI=1S/C14H10IN3O2/c15-13-17-11-7-4-8-16-12(11)18(13)14(19)20-9-10-5-2-1-3-6-10/h1-8H,9H2. The number of nitrogens with zero attached hydrogens (tertiary/aromatic N) is 3. The molecule has 100 valence electrons. The van der Waals surface area contributed by atoms with Gasteiger partial charge < -0.3 is 4.74 Å². The van der Waals surface area contributed by atoms with E-state index in [4.69, 9.17) is 4.74 Å². The third-order valence-corrected chi connectivity index (χ3v) is 3.49. The molecule has 2 heterocycles. The van der Waals surface area contributed by atoms with Gasteiger partial charge in [-0.25, -0.2) is 19.3 Å². The first kappa shape index (κ1) is 13.0. The molecule has 0 N–H and O–H groups in total. The maximum Gasteiger partial charge on any atom is 0.422 e. The van der Waals surface area contributed by atoms with Gasteiger partial charge in [0.2, 0.25) is 0 Å². The van der Waals surface area contributed by atoms with E-state index in [1.807, 2.05) is 59.0 Å². The smallest absolute Gasteiger partial charge is 0.422 e. The van der Waals surface area contributed by atoms with Crippen LogP contribution in [0.25, 0.3) is 11.2 Å². The van der Waals surface area contributed by atoms with Crippen molar-refractivity contribution in [3.63, 3.8) is 0 Å². The summed E-state index contributed by atoms with van der Waals surface area (Å²) < 4.78 is 7.21. The van der Waals surface area contributed by atoms with Crippen LogP contribution in [0, 0.1) is 3.83 Å². The lowest BCUT2D eigenvalue weighted by molar-refractivity contribution is 0.141. The minimum absolute atomic E-state index is 0.224. The minimum atomic E-state index is -0.473. The van der Waals surface area contributed by atoms with E-state index >= 15 is 0 Å². The molecule has 0 saturated carbocycles. The van der Waals surface area contributed by atoms with Gasteiger partial charge in [-0.1, -0.05) is 30.3 Å². The number of hydrogen-bond donors (Lipinski definition) is 0. The molecule has 0 amide bonds. The number of hydrogen-bond acceptors (Lipinski definition) is 4. The highest BCUT2D eigenvalue weighted by Gasteiger charge is 2.17. The molecule has 0 aliphatic carbocycles. The van der Waals surface area contributed by atoms with E-state index in [1.54, 1.807) is 12.3 Å². The van der Waals surface area contributed by atoms with Crippen molar-refractivity contribution < 1.29 is 9.53 Å². The van der Waals surface area contributed by atoms with Gasteiger partial charge in [0.1, 0.15) is 12.1 Å². The Kier molecular flexibility index (Phi) is 3.64. The Morgan fingerprint density at radius 2 is 2.00 bits per heavy atom. The van der Waals surface area contributed by atoms with Crippen molar-refractivity contribution in [1.29, 1.82) is 0 Å². The van der Waals surface area contributed by atoms with Gasteiger partial charge in [0.05, 0.1) is 0 Å². The van der Waals surface area contributed by atoms with E-state index in [9.17, 15) is 4.79 Å². The minimum Gasteiger partial charge on any atom is -0.444 e. The summed E-state index contributed by atoms with van der Waals surface area (Å²) >= 11 is 1.99. The first-order chi connectivity index (χ1) is 9.75. The number of carbonyl (C=O) groups is 1. The van der Waals surface area contributed by atoms with Gasteiger partial charge in [-0.2, -0.15) is 0 Å². The number of carbonyl (C=O) groups excluding carboxylic acids is 1. The molecule has 0 aliphatic rings. The van der Waals surface area contributed by atoms with E-state index in [1.165, 1.54) is 4.57 Å². The number of aromatic nitrogens is 3. The van der Waals surface area contributed by atoms with Crippen LogP contribution in [0.5, 0.6) is 0 Å². The average Bonchev–Trinajstić information content (AvgIpc) is 2.82. The first-order valence-electron chi connectivity index (χ1n) is 5.96. The summed E-state index contributed by atoms with van der Waals surface area (Å²) in [4.78, 5) is 20.6. The van der Waals surface area contributed by atoms with Crippen LogP contribution in [0.3, 0.4) is 0 Å². The molecule has 0 bridgehead atoms. The lowest BCUT2D eigenvalue weighted by atomic mass is 10.2. The summed E-state index contributed by atoms with van der Waals surface area (Å²) in [7, 11) is 0. The number of rotatable bonds is 2. The van der Waals surface area contributed by atoms with Crippen molar-refractivity contribution in [2.75, 3.05) is 0 Å². The quantitative estimate of drug-likeness (QED) is 0.642. The Morgan fingerprint density at radius 1 is 1.20 bits per heavy atom. The van der Waals surface area contributed by atoms with Crippen LogP contribution >= 0.6 is 22.6 Å². The number of fused-ring (bicyclic) bond motifs is 1. The Hall–Kier alpha value is -1.96. The topological polar surface area (TPSA) is 57.0 Å². The number of benzene rings is 1. The Labute approximate surface area is 128 Å². The van der Waals surface area contributed by atoms with E-state index in [-0.39, 0.29) is 6.61 Å². The van der Waals surface area contributed by atoms with Gasteiger partial charge in [0.15, 0.2) is 9.48 Å². The Balaban J connectivity index is 1.84. The zero-order valence-corrected chi connectivity index (χ0v) is 12.5. The molecule has 20 heavy (non-hydrogen) atoms. The van der Waals surface area contributed by atoms with Gasteiger partial charge in [-0.3, -0.25) is 0 Å². The molecular formula is C14H10IN3O2. The summed E-state index contributed by atoms with van der Waals surface area (Å²) in [6.45, 7) is 0.224. The molecule has 0 saturated heterocycles. The van der Waals surface area contributed by atoms with Crippen LogP contribution in [-0.4, -0.2) is 20.6 Å². The van der Waals surface area contributed by atoms with E-state index in [0.29, 0.717) is 15.0 Å². The molecule has 0 atom stereocenters. The predicted octanol–water partition coefficient (Wildman–Crippen LogP) is 3.22. The Bertz CT molecular complexity index is 755. The summed E-state index contributed by atoms with van der Waals surface area (Å²) in [6.07, 6.45) is 1.15. The van der Waals surface area contributed by atoms with Crippen LogP contribution < -0.4 is 0 Å². The third kappa shape index (κ3) is 2.51. The molecule has 3 rings (SSSR count). The molecule has 5 nitrogen and oxygen atoms in total. The summed E-state index contributed by atoms with van der Waals surface area (Å²) in [6, 6.07) is 13.1. The van der Waals surface area contributed by atoms with Crippen molar-refractivity contribution in [2.45, 2.75) is 6.61 Å².